The van der Waals surface area contributed by atoms with Crippen LogP contribution in [0.4, 0.5) is 0 Å². The Morgan fingerprint density at radius 1 is 1.32 bits per heavy atom. The van der Waals surface area contributed by atoms with Crippen LogP contribution >= 0.6 is 0 Å². The lowest BCUT2D eigenvalue weighted by Gasteiger charge is -2.36. The highest BCUT2D eigenvalue weighted by Crippen LogP contribution is 2.40. The molecule has 1 N–H and O–H groups in total. The first-order chi connectivity index (χ1) is 9.24. The van der Waals surface area contributed by atoms with Crippen LogP contribution in [0.3, 0.4) is 0 Å². The van der Waals surface area contributed by atoms with Crippen molar-refractivity contribution in [3.05, 3.63) is 24.2 Å². The molecule has 2 aliphatic rings. The average molecular weight is 261 g/mol. The van der Waals surface area contributed by atoms with E-state index in [0.717, 1.165) is 37.9 Å². The van der Waals surface area contributed by atoms with Gasteiger partial charge in [0.1, 0.15) is 11.5 Å². The first-order valence-corrected chi connectivity index (χ1v) is 7.08. The fourth-order valence-corrected chi connectivity index (χ4v) is 3.43. The van der Waals surface area contributed by atoms with Gasteiger partial charge in [-0.1, -0.05) is 6.42 Å². The van der Waals surface area contributed by atoms with Crippen LogP contribution < -0.4 is 5.32 Å². The summed E-state index contributed by atoms with van der Waals surface area (Å²) in [6, 6.07) is 3.66. The van der Waals surface area contributed by atoms with E-state index < -0.39 is 0 Å². The topological polar surface area (TPSA) is 59.3 Å². The van der Waals surface area contributed by atoms with Crippen LogP contribution in [0.15, 0.2) is 22.8 Å². The van der Waals surface area contributed by atoms with Crippen molar-refractivity contribution >= 4 is 11.7 Å². The summed E-state index contributed by atoms with van der Waals surface area (Å²) in [5, 5.41) is 2.91. The number of hydrogen-bond donors (Lipinski definition) is 1. The third-order valence-corrected chi connectivity index (χ3v) is 4.44. The van der Waals surface area contributed by atoms with E-state index in [0.29, 0.717) is 12.3 Å². The van der Waals surface area contributed by atoms with E-state index in [-0.39, 0.29) is 23.7 Å². The Kier molecular flexibility index (Phi) is 3.40. The predicted molar refractivity (Wildman–Crippen MR) is 69.1 cm³/mol. The molecule has 2 fully saturated rings. The lowest BCUT2D eigenvalue weighted by Crippen LogP contribution is -2.42. The standard InChI is InChI=1S/C15H19NO3/c17-14-10-3-1-4-11(14)8-12(7-10)15(18)16-9-13-5-2-6-19-13/h2,5-6,10-12H,1,3-4,7-9H2,(H,16,18). The SMILES string of the molecule is O=C(NCc1ccco1)C1CC2CCCC(C1)C2=O. The van der Waals surface area contributed by atoms with Crippen LogP contribution in [0.5, 0.6) is 0 Å². The molecule has 2 atom stereocenters. The minimum atomic E-state index is 0.00274. The first kappa shape index (κ1) is 12.5. The summed E-state index contributed by atoms with van der Waals surface area (Å²) in [6.45, 7) is 0.436. The molecule has 19 heavy (non-hydrogen) atoms. The lowest BCUT2D eigenvalue weighted by atomic mass is 9.67. The molecule has 2 saturated carbocycles. The molecule has 4 nitrogen and oxygen atoms in total. The molecule has 3 rings (SSSR count). The molecule has 1 aromatic heterocycles. The lowest BCUT2D eigenvalue weighted by molar-refractivity contribution is -0.137. The molecule has 0 aliphatic heterocycles. The molecule has 0 spiro atoms. The van der Waals surface area contributed by atoms with Crippen molar-refractivity contribution in [1.82, 2.24) is 5.32 Å². The summed E-state index contributed by atoms with van der Waals surface area (Å²) in [5.41, 5.74) is 0. The van der Waals surface area contributed by atoms with E-state index in [9.17, 15) is 9.59 Å². The maximum Gasteiger partial charge on any atom is 0.223 e. The van der Waals surface area contributed by atoms with Gasteiger partial charge in [0.05, 0.1) is 12.8 Å². The van der Waals surface area contributed by atoms with Crippen LogP contribution in [0.25, 0.3) is 0 Å². The van der Waals surface area contributed by atoms with E-state index in [4.69, 9.17) is 4.42 Å². The van der Waals surface area contributed by atoms with Crippen molar-refractivity contribution in [3.63, 3.8) is 0 Å². The van der Waals surface area contributed by atoms with Crippen LogP contribution in [0, 0.1) is 17.8 Å². The van der Waals surface area contributed by atoms with E-state index in [2.05, 4.69) is 5.32 Å². The van der Waals surface area contributed by atoms with Crippen molar-refractivity contribution in [2.24, 2.45) is 17.8 Å². The summed E-state index contributed by atoms with van der Waals surface area (Å²) >= 11 is 0. The molecule has 1 aromatic rings. The molecule has 102 valence electrons. The number of nitrogens with one attached hydrogen (secondary N) is 1. The second kappa shape index (κ2) is 5.19. The highest BCUT2D eigenvalue weighted by molar-refractivity contribution is 5.88. The molecule has 0 saturated heterocycles. The molecular formula is C15H19NO3. The third-order valence-electron chi connectivity index (χ3n) is 4.44. The van der Waals surface area contributed by atoms with Crippen molar-refractivity contribution in [1.29, 1.82) is 0 Å². The van der Waals surface area contributed by atoms with Gasteiger partial charge in [0, 0.05) is 17.8 Å². The number of furan rings is 1. The monoisotopic (exact) mass is 261 g/mol. The Bertz CT molecular complexity index is 450. The second-order valence-electron chi connectivity index (χ2n) is 5.69. The van der Waals surface area contributed by atoms with Crippen molar-refractivity contribution in [2.75, 3.05) is 0 Å². The molecule has 2 unspecified atom stereocenters. The fourth-order valence-electron chi connectivity index (χ4n) is 3.43. The number of Topliss-reactive ketones (excluding diaryl/α,β-unsaturated/α-hetero) is 1. The summed E-state index contributed by atoms with van der Waals surface area (Å²) in [5.74, 6) is 1.50. The molecular weight excluding hydrogens is 242 g/mol. The van der Waals surface area contributed by atoms with Gasteiger partial charge < -0.3 is 9.73 Å². The zero-order valence-corrected chi connectivity index (χ0v) is 10.9. The van der Waals surface area contributed by atoms with Crippen molar-refractivity contribution in [3.8, 4) is 0 Å². The highest BCUT2D eigenvalue weighted by atomic mass is 16.3. The number of ketones is 1. The quantitative estimate of drug-likeness (QED) is 0.908. The third kappa shape index (κ3) is 2.57. The van der Waals surface area contributed by atoms with E-state index in [1.165, 1.54) is 0 Å². The molecule has 1 amide bonds. The van der Waals surface area contributed by atoms with Crippen molar-refractivity contribution < 1.29 is 14.0 Å². The maximum absolute atomic E-state index is 12.2. The summed E-state index contributed by atoms with van der Waals surface area (Å²) < 4.78 is 5.19. The van der Waals surface area contributed by atoms with Gasteiger partial charge in [0.25, 0.3) is 0 Å². The summed E-state index contributed by atoms with van der Waals surface area (Å²) in [6.07, 6.45) is 6.15. The zero-order chi connectivity index (χ0) is 13.2. The molecule has 0 radical (unpaired) electrons. The first-order valence-electron chi connectivity index (χ1n) is 7.08. The Hall–Kier alpha value is -1.58. The molecule has 2 bridgehead atoms. The number of amides is 1. The highest BCUT2D eigenvalue weighted by Gasteiger charge is 2.41. The Balaban J connectivity index is 1.57. The molecule has 0 aromatic carbocycles. The van der Waals surface area contributed by atoms with E-state index in [1.54, 1.807) is 6.26 Å². The van der Waals surface area contributed by atoms with Gasteiger partial charge in [0.15, 0.2) is 0 Å². The van der Waals surface area contributed by atoms with Crippen LogP contribution in [-0.4, -0.2) is 11.7 Å². The Labute approximate surface area is 112 Å². The van der Waals surface area contributed by atoms with Gasteiger partial charge in [-0.05, 0) is 37.8 Å². The molecule has 2 aliphatic carbocycles. The largest absolute Gasteiger partial charge is 0.467 e. The number of carbonyl (C=O) groups excluding carboxylic acids is 2. The van der Waals surface area contributed by atoms with E-state index >= 15 is 0 Å². The zero-order valence-electron chi connectivity index (χ0n) is 10.9. The van der Waals surface area contributed by atoms with Crippen LogP contribution in [0.1, 0.15) is 37.9 Å². The number of carbonyl (C=O) groups is 2. The number of hydrogen-bond acceptors (Lipinski definition) is 3. The maximum atomic E-state index is 12.2. The second-order valence-corrected chi connectivity index (χ2v) is 5.69. The Morgan fingerprint density at radius 2 is 2.05 bits per heavy atom. The number of rotatable bonds is 3. The Morgan fingerprint density at radius 3 is 2.68 bits per heavy atom. The predicted octanol–water partition coefficient (Wildman–Crippen LogP) is 2.29. The molecule has 1 heterocycles. The summed E-state index contributed by atoms with van der Waals surface area (Å²) in [4.78, 5) is 24.1. The van der Waals surface area contributed by atoms with Crippen LogP contribution in [-0.2, 0) is 16.1 Å². The average Bonchev–Trinajstić information content (AvgIpc) is 2.88. The normalized spacial score (nSPS) is 30.1. The number of fused-ring (bicyclic) bond motifs is 2. The van der Waals surface area contributed by atoms with Gasteiger partial charge in [0.2, 0.25) is 5.91 Å². The smallest absolute Gasteiger partial charge is 0.223 e. The van der Waals surface area contributed by atoms with Crippen molar-refractivity contribution in [2.45, 2.75) is 38.6 Å². The van der Waals surface area contributed by atoms with Gasteiger partial charge in [-0.25, -0.2) is 0 Å². The summed E-state index contributed by atoms with van der Waals surface area (Å²) in [7, 11) is 0. The van der Waals surface area contributed by atoms with E-state index in [1.807, 2.05) is 12.1 Å². The van der Waals surface area contributed by atoms with Crippen LogP contribution in [0.2, 0.25) is 0 Å². The van der Waals surface area contributed by atoms with Gasteiger partial charge in [-0.15, -0.1) is 0 Å². The van der Waals surface area contributed by atoms with Gasteiger partial charge in [-0.3, -0.25) is 9.59 Å². The van der Waals surface area contributed by atoms with Gasteiger partial charge in [-0.2, -0.15) is 0 Å². The fraction of sp³-hybridized carbons (Fsp3) is 0.600. The molecule has 4 heteroatoms. The van der Waals surface area contributed by atoms with Gasteiger partial charge >= 0.3 is 0 Å². The minimum absolute atomic E-state index is 0.00274. The minimum Gasteiger partial charge on any atom is -0.467 e.